The Labute approximate surface area is 180 Å². The maximum Gasteiger partial charge on any atom is 0.326 e. The molecule has 0 amide bonds. The van der Waals surface area contributed by atoms with E-state index in [1.807, 2.05) is 56.3 Å². The second kappa shape index (κ2) is 9.46. The maximum absolute atomic E-state index is 12.9. The van der Waals surface area contributed by atoms with E-state index in [9.17, 15) is 14.7 Å². The van der Waals surface area contributed by atoms with Crippen molar-refractivity contribution in [2.24, 2.45) is 0 Å². The first-order valence-corrected chi connectivity index (χ1v) is 10.0. The highest BCUT2D eigenvalue weighted by Gasteiger charge is 2.17. The highest BCUT2D eigenvalue weighted by molar-refractivity contribution is 6.35. The fourth-order valence-electron chi connectivity index (χ4n) is 3.15. The predicted molar refractivity (Wildman–Crippen MR) is 121 cm³/mol. The number of ketones is 1. The number of aryl methyl sites for hydroxylation is 1. The molecule has 0 saturated heterocycles. The second-order valence-electron chi connectivity index (χ2n) is 6.95. The normalized spacial score (nSPS) is 11.6. The zero-order valence-electron chi connectivity index (χ0n) is 16.8. The lowest BCUT2D eigenvalue weighted by molar-refractivity contribution is -0.137. The molecule has 0 bridgehead atoms. The molecule has 0 radical (unpaired) electrons. The van der Waals surface area contributed by atoms with Crippen molar-refractivity contribution < 1.29 is 14.7 Å². The van der Waals surface area contributed by atoms with Gasteiger partial charge in [0.25, 0.3) is 0 Å². The smallest absolute Gasteiger partial charge is 0.326 e. The van der Waals surface area contributed by atoms with E-state index in [0.717, 1.165) is 5.56 Å². The van der Waals surface area contributed by atoms with Crippen LogP contribution in [0.5, 0.6) is 0 Å². The fraction of sp³-hybridized carbons (Fsp3) is 0.167. The van der Waals surface area contributed by atoms with Crippen molar-refractivity contribution in [1.82, 2.24) is 0 Å². The third-order valence-electron chi connectivity index (χ3n) is 4.85. The molecule has 3 aromatic rings. The van der Waals surface area contributed by atoms with Crippen LogP contribution in [0.25, 0.3) is 0 Å². The number of carbonyl (C=O) groups is 2. The number of rotatable bonds is 8. The van der Waals surface area contributed by atoms with Crippen LogP contribution in [0.15, 0.2) is 66.7 Å². The Morgan fingerprint density at radius 3 is 2.27 bits per heavy atom. The second-order valence-corrected chi connectivity index (χ2v) is 7.36. The Morgan fingerprint density at radius 2 is 1.63 bits per heavy atom. The minimum Gasteiger partial charge on any atom is -0.480 e. The van der Waals surface area contributed by atoms with Gasteiger partial charge in [-0.25, -0.2) is 4.79 Å². The molecular formula is C24H23ClN2O3. The van der Waals surface area contributed by atoms with Crippen molar-refractivity contribution >= 4 is 40.4 Å². The molecular weight excluding hydrogens is 400 g/mol. The van der Waals surface area contributed by atoms with Gasteiger partial charge in [-0.3, -0.25) is 4.79 Å². The van der Waals surface area contributed by atoms with E-state index < -0.39 is 12.0 Å². The van der Waals surface area contributed by atoms with E-state index in [-0.39, 0.29) is 5.78 Å². The summed E-state index contributed by atoms with van der Waals surface area (Å²) in [5, 5.41) is 15.9. The van der Waals surface area contributed by atoms with Crippen molar-refractivity contribution in [2.45, 2.75) is 26.3 Å². The van der Waals surface area contributed by atoms with Gasteiger partial charge in [-0.15, -0.1) is 0 Å². The average Bonchev–Trinajstić information content (AvgIpc) is 2.73. The molecule has 0 aliphatic heterocycles. The Bertz CT molecular complexity index is 1080. The zero-order valence-corrected chi connectivity index (χ0v) is 17.5. The molecule has 0 aromatic heterocycles. The fourth-order valence-corrected chi connectivity index (χ4v) is 3.42. The minimum absolute atomic E-state index is 0.126. The Hall–Kier alpha value is -3.31. The van der Waals surface area contributed by atoms with Crippen molar-refractivity contribution in [3.63, 3.8) is 0 Å². The largest absolute Gasteiger partial charge is 0.480 e. The van der Waals surface area contributed by atoms with Gasteiger partial charge in [-0.2, -0.15) is 0 Å². The van der Waals surface area contributed by atoms with Gasteiger partial charge in [0.2, 0.25) is 0 Å². The third-order valence-corrected chi connectivity index (χ3v) is 5.16. The van der Waals surface area contributed by atoms with Crippen molar-refractivity contribution in [2.75, 3.05) is 10.6 Å². The van der Waals surface area contributed by atoms with Gasteiger partial charge in [-0.05, 0) is 49.2 Å². The minimum atomic E-state index is -0.908. The summed E-state index contributed by atoms with van der Waals surface area (Å²) in [6.07, 6.45) is 0.450. The van der Waals surface area contributed by atoms with Crippen LogP contribution in [-0.2, 0) is 4.79 Å². The van der Waals surface area contributed by atoms with Gasteiger partial charge in [0, 0.05) is 16.8 Å². The molecule has 1 atom stereocenters. The standard InChI is InChI=1S/C24H23ClN2O3/c1-3-20(24(29)30)27-22-11-7-6-10-21(22)26-16-12-13-18(19(25)14-16)23(28)17-9-5-4-8-15(17)2/h4-14,20,26-27H,3H2,1-2H3,(H,29,30). The molecule has 3 N–H and O–H groups in total. The summed E-state index contributed by atoms with van der Waals surface area (Å²) in [5.74, 6) is -1.03. The molecule has 3 rings (SSSR count). The molecule has 3 aromatic carbocycles. The molecule has 0 aliphatic carbocycles. The molecule has 154 valence electrons. The van der Waals surface area contributed by atoms with Crippen LogP contribution in [0, 0.1) is 6.92 Å². The number of nitrogens with one attached hydrogen (secondary N) is 2. The third kappa shape index (κ3) is 4.81. The highest BCUT2D eigenvalue weighted by atomic mass is 35.5. The quantitative estimate of drug-likeness (QED) is 0.394. The van der Waals surface area contributed by atoms with Crippen molar-refractivity contribution in [3.05, 3.63) is 88.4 Å². The molecule has 1 unspecified atom stereocenters. The van der Waals surface area contributed by atoms with Gasteiger partial charge < -0.3 is 15.7 Å². The summed E-state index contributed by atoms with van der Waals surface area (Å²) in [6, 6.07) is 19.2. The lowest BCUT2D eigenvalue weighted by Gasteiger charge is -2.18. The van der Waals surface area contributed by atoms with Crippen LogP contribution >= 0.6 is 11.6 Å². The number of hydrogen-bond acceptors (Lipinski definition) is 4. The highest BCUT2D eigenvalue weighted by Crippen LogP contribution is 2.30. The van der Waals surface area contributed by atoms with Gasteiger partial charge >= 0.3 is 5.97 Å². The van der Waals surface area contributed by atoms with Crippen molar-refractivity contribution in [1.29, 1.82) is 0 Å². The number of halogens is 1. The van der Waals surface area contributed by atoms with Crippen LogP contribution in [0.2, 0.25) is 5.02 Å². The number of benzene rings is 3. The lowest BCUT2D eigenvalue weighted by atomic mass is 9.99. The average molecular weight is 423 g/mol. The molecule has 0 spiro atoms. The monoisotopic (exact) mass is 422 g/mol. The van der Waals surface area contributed by atoms with Crippen LogP contribution < -0.4 is 10.6 Å². The number of anilines is 3. The first kappa shape index (κ1) is 21.4. The number of para-hydroxylation sites is 2. The van der Waals surface area contributed by atoms with E-state index in [1.165, 1.54) is 0 Å². The summed E-state index contributed by atoms with van der Waals surface area (Å²) in [7, 11) is 0. The number of aliphatic carboxylic acids is 1. The molecule has 0 fully saturated rings. The van der Waals surface area contributed by atoms with Crippen LogP contribution in [-0.4, -0.2) is 22.9 Å². The van der Waals surface area contributed by atoms with E-state index >= 15 is 0 Å². The molecule has 30 heavy (non-hydrogen) atoms. The topological polar surface area (TPSA) is 78.4 Å². The zero-order chi connectivity index (χ0) is 21.7. The number of carboxylic acids is 1. The van der Waals surface area contributed by atoms with E-state index in [4.69, 9.17) is 11.6 Å². The molecule has 5 nitrogen and oxygen atoms in total. The molecule has 0 saturated carbocycles. The Kier molecular flexibility index (Phi) is 6.75. The summed E-state index contributed by atoms with van der Waals surface area (Å²) in [5.41, 5.74) is 4.02. The van der Waals surface area contributed by atoms with E-state index in [0.29, 0.717) is 39.6 Å². The van der Waals surface area contributed by atoms with Crippen molar-refractivity contribution in [3.8, 4) is 0 Å². The first-order valence-electron chi connectivity index (χ1n) is 9.66. The number of carbonyl (C=O) groups excluding carboxylic acids is 1. The van der Waals surface area contributed by atoms with E-state index in [1.54, 1.807) is 24.3 Å². The SMILES string of the molecule is CCC(Nc1ccccc1Nc1ccc(C(=O)c2ccccc2C)c(Cl)c1)C(=O)O. The summed E-state index contributed by atoms with van der Waals surface area (Å²) in [6.45, 7) is 3.70. The Balaban J connectivity index is 1.84. The van der Waals surface area contributed by atoms with E-state index in [2.05, 4.69) is 10.6 Å². The molecule has 0 heterocycles. The molecule has 6 heteroatoms. The summed E-state index contributed by atoms with van der Waals surface area (Å²) < 4.78 is 0. The number of carboxylic acid groups (broad SMARTS) is 1. The van der Waals surface area contributed by atoms with Crippen LogP contribution in [0.4, 0.5) is 17.1 Å². The van der Waals surface area contributed by atoms with Gasteiger partial charge in [0.15, 0.2) is 5.78 Å². The first-order chi connectivity index (χ1) is 14.4. The molecule has 0 aliphatic rings. The van der Waals surface area contributed by atoms with Gasteiger partial charge in [0.05, 0.1) is 16.4 Å². The van der Waals surface area contributed by atoms with Crippen LogP contribution in [0.1, 0.15) is 34.8 Å². The van der Waals surface area contributed by atoms with Crippen LogP contribution in [0.3, 0.4) is 0 Å². The Morgan fingerprint density at radius 1 is 0.967 bits per heavy atom. The number of hydrogen-bond donors (Lipinski definition) is 3. The van der Waals surface area contributed by atoms with Gasteiger partial charge in [-0.1, -0.05) is 54.9 Å². The van der Waals surface area contributed by atoms with Gasteiger partial charge in [0.1, 0.15) is 6.04 Å². The maximum atomic E-state index is 12.9. The summed E-state index contributed by atoms with van der Waals surface area (Å²) in [4.78, 5) is 24.2. The predicted octanol–water partition coefficient (Wildman–Crippen LogP) is 5.90. The summed E-state index contributed by atoms with van der Waals surface area (Å²) >= 11 is 6.43. The lowest BCUT2D eigenvalue weighted by Crippen LogP contribution is -2.28.